The predicted octanol–water partition coefficient (Wildman–Crippen LogP) is 5.02. The number of esters is 2. The van der Waals surface area contributed by atoms with Crippen molar-refractivity contribution in [1.82, 2.24) is 4.98 Å². The molecule has 1 heterocycles. The summed E-state index contributed by atoms with van der Waals surface area (Å²) < 4.78 is 30.7. The monoisotopic (exact) mass is 518 g/mol. The van der Waals surface area contributed by atoms with E-state index in [4.69, 9.17) is 25.8 Å². The largest absolute Gasteiger partial charge is 0.489 e. The molecule has 36 heavy (non-hydrogen) atoms. The highest BCUT2D eigenvalue weighted by molar-refractivity contribution is 6.32. The zero-order valence-corrected chi connectivity index (χ0v) is 21.4. The number of aromatic nitrogens is 1. The number of rotatable bonds is 8. The number of benzene rings is 1. The molecular formula is C26H28ClFN2O6. The molecule has 0 atom stereocenters. The molecule has 1 aromatic carbocycles. The van der Waals surface area contributed by atoms with Gasteiger partial charge >= 0.3 is 11.9 Å². The summed E-state index contributed by atoms with van der Waals surface area (Å²) in [5.74, 6) is -2.30. The second-order valence-corrected chi connectivity index (χ2v) is 8.93. The van der Waals surface area contributed by atoms with Crippen LogP contribution in [-0.2, 0) is 25.6 Å². The Bertz CT molecular complexity index is 1200. The third-order valence-corrected chi connectivity index (χ3v) is 5.91. The van der Waals surface area contributed by atoms with Crippen LogP contribution in [0.4, 0.5) is 10.1 Å². The Morgan fingerprint density at radius 1 is 1.03 bits per heavy atom. The minimum absolute atomic E-state index is 0.0545. The Balaban J connectivity index is 2.15. The van der Waals surface area contributed by atoms with Gasteiger partial charge in [0.2, 0.25) is 0 Å². The lowest BCUT2D eigenvalue weighted by Crippen LogP contribution is -2.34. The summed E-state index contributed by atoms with van der Waals surface area (Å²) in [5, 5.41) is 0.0545. The first-order chi connectivity index (χ1) is 17.2. The number of hydrogen-bond donors (Lipinski definition) is 0. The van der Waals surface area contributed by atoms with Crippen LogP contribution in [0.1, 0.15) is 55.5 Å². The van der Waals surface area contributed by atoms with Gasteiger partial charge < -0.3 is 19.1 Å². The van der Waals surface area contributed by atoms with E-state index in [1.807, 2.05) is 0 Å². The first kappa shape index (κ1) is 27.1. The van der Waals surface area contributed by atoms with Crippen molar-refractivity contribution in [3.8, 4) is 5.75 Å². The van der Waals surface area contributed by atoms with Gasteiger partial charge in [-0.25, -0.2) is 14.0 Å². The zero-order valence-electron chi connectivity index (χ0n) is 20.6. The van der Waals surface area contributed by atoms with Gasteiger partial charge in [-0.2, -0.15) is 0 Å². The number of pyridine rings is 1. The van der Waals surface area contributed by atoms with Crippen LogP contribution in [0.3, 0.4) is 0 Å². The summed E-state index contributed by atoms with van der Waals surface area (Å²) in [4.78, 5) is 43.6. The number of carbonyl (C=O) groups is 3. The lowest BCUT2D eigenvalue weighted by molar-refractivity contribution is -0.136. The third-order valence-electron chi connectivity index (χ3n) is 5.61. The molecule has 0 radical (unpaired) electrons. The van der Waals surface area contributed by atoms with Crippen molar-refractivity contribution in [3.05, 3.63) is 63.7 Å². The van der Waals surface area contributed by atoms with Crippen LogP contribution in [0.2, 0.25) is 5.02 Å². The molecule has 0 saturated carbocycles. The average Bonchev–Trinajstić information content (AvgIpc) is 2.87. The van der Waals surface area contributed by atoms with E-state index in [-0.39, 0.29) is 45.8 Å². The minimum Gasteiger partial charge on any atom is -0.489 e. The molecule has 0 N–H and O–H groups in total. The van der Waals surface area contributed by atoms with Gasteiger partial charge in [0.25, 0.3) is 5.91 Å². The maximum Gasteiger partial charge on any atom is 0.339 e. The summed E-state index contributed by atoms with van der Waals surface area (Å²) in [6, 6.07) is 3.94. The fourth-order valence-corrected chi connectivity index (χ4v) is 4.17. The molecule has 0 aliphatic heterocycles. The molecule has 3 rings (SSSR count). The number of ether oxygens (including phenoxy) is 3. The SMILES string of the molecule is COC(=O)C1=C(C(=O)N(Cc2cncc(C(=O)OC)c2)c2cc(OC(C)C)c(Cl)cc2F)CCCC1. The van der Waals surface area contributed by atoms with Crippen LogP contribution < -0.4 is 9.64 Å². The van der Waals surface area contributed by atoms with Gasteiger partial charge in [0.05, 0.1) is 43.1 Å². The number of carbonyl (C=O) groups excluding carboxylic acids is 3. The molecule has 0 bridgehead atoms. The number of nitrogens with zero attached hydrogens (tertiary/aromatic N) is 2. The Morgan fingerprint density at radius 2 is 1.69 bits per heavy atom. The summed E-state index contributed by atoms with van der Waals surface area (Å²) in [6.07, 6.45) is 4.68. The molecule has 0 fully saturated rings. The highest BCUT2D eigenvalue weighted by Gasteiger charge is 2.30. The molecule has 192 valence electrons. The maximum absolute atomic E-state index is 15.3. The standard InChI is InChI=1S/C26H28ClFN2O6/c1-15(2)36-23-11-22(21(28)10-20(23)27)30(14-16-9-17(13-29-12-16)25(32)34-3)24(31)18-7-5-6-8-19(18)26(33)35-4/h9-13,15H,5-8,14H2,1-4H3. The molecule has 1 aliphatic rings. The first-order valence-electron chi connectivity index (χ1n) is 11.5. The third kappa shape index (κ3) is 6.20. The molecular weight excluding hydrogens is 491 g/mol. The van der Waals surface area contributed by atoms with Crippen LogP contribution >= 0.6 is 11.6 Å². The van der Waals surface area contributed by atoms with Crippen LogP contribution in [-0.4, -0.2) is 43.2 Å². The van der Waals surface area contributed by atoms with E-state index in [2.05, 4.69) is 4.98 Å². The Morgan fingerprint density at radius 3 is 2.33 bits per heavy atom. The predicted molar refractivity (Wildman–Crippen MR) is 131 cm³/mol. The second-order valence-electron chi connectivity index (χ2n) is 8.52. The second kappa shape index (κ2) is 12.0. The molecule has 0 unspecified atom stereocenters. The van der Waals surface area contributed by atoms with Crippen molar-refractivity contribution in [1.29, 1.82) is 0 Å². The van der Waals surface area contributed by atoms with E-state index in [0.29, 0.717) is 24.8 Å². The van der Waals surface area contributed by atoms with E-state index in [9.17, 15) is 14.4 Å². The Labute approximate surface area is 214 Å². The number of anilines is 1. The molecule has 8 nitrogen and oxygen atoms in total. The van der Waals surface area contributed by atoms with E-state index in [0.717, 1.165) is 12.5 Å². The van der Waals surface area contributed by atoms with Gasteiger partial charge in [0.1, 0.15) is 11.6 Å². The van der Waals surface area contributed by atoms with Crippen LogP contribution in [0.15, 0.2) is 41.7 Å². The fourth-order valence-electron chi connectivity index (χ4n) is 3.97. The van der Waals surface area contributed by atoms with E-state index < -0.39 is 23.7 Å². The molecule has 0 spiro atoms. The number of methoxy groups -OCH3 is 2. The molecule has 1 aliphatic carbocycles. The lowest BCUT2D eigenvalue weighted by Gasteiger charge is -2.28. The van der Waals surface area contributed by atoms with Gasteiger partial charge in [0.15, 0.2) is 0 Å². The van der Waals surface area contributed by atoms with E-state index in [1.54, 1.807) is 13.8 Å². The van der Waals surface area contributed by atoms with Crippen molar-refractivity contribution in [2.75, 3.05) is 19.1 Å². The van der Waals surface area contributed by atoms with Gasteiger partial charge in [-0.1, -0.05) is 11.6 Å². The molecule has 10 heteroatoms. The topological polar surface area (TPSA) is 95.0 Å². The maximum atomic E-state index is 15.3. The lowest BCUT2D eigenvalue weighted by atomic mass is 9.90. The van der Waals surface area contributed by atoms with Gasteiger partial charge in [-0.3, -0.25) is 9.78 Å². The number of amides is 1. The van der Waals surface area contributed by atoms with Crippen LogP contribution in [0.25, 0.3) is 0 Å². The molecule has 2 aromatic rings. The van der Waals surface area contributed by atoms with Crippen molar-refractivity contribution in [2.24, 2.45) is 0 Å². The summed E-state index contributed by atoms with van der Waals surface area (Å²) in [5.41, 5.74) is 1.06. The summed E-state index contributed by atoms with van der Waals surface area (Å²) in [7, 11) is 2.50. The fraction of sp³-hybridized carbons (Fsp3) is 0.385. The van der Waals surface area contributed by atoms with Crippen molar-refractivity contribution < 1.29 is 33.0 Å². The first-order valence-corrected chi connectivity index (χ1v) is 11.8. The molecule has 0 saturated heterocycles. The normalized spacial score (nSPS) is 13.4. The number of halogens is 2. The average molecular weight is 519 g/mol. The van der Waals surface area contributed by atoms with Crippen molar-refractivity contribution >= 4 is 35.1 Å². The molecule has 1 amide bonds. The minimum atomic E-state index is -0.752. The highest BCUT2D eigenvalue weighted by Crippen LogP contribution is 2.36. The molecule has 1 aromatic heterocycles. The zero-order chi connectivity index (χ0) is 26.4. The highest BCUT2D eigenvalue weighted by atomic mass is 35.5. The van der Waals surface area contributed by atoms with Crippen molar-refractivity contribution in [2.45, 2.75) is 52.2 Å². The summed E-state index contributed by atoms with van der Waals surface area (Å²) in [6.45, 7) is 3.44. The number of hydrogen-bond acceptors (Lipinski definition) is 7. The van der Waals surface area contributed by atoms with Crippen LogP contribution in [0.5, 0.6) is 5.75 Å². The van der Waals surface area contributed by atoms with E-state index >= 15 is 4.39 Å². The van der Waals surface area contributed by atoms with Crippen LogP contribution in [0, 0.1) is 5.82 Å². The Kier molecular flexibility index (Phi) is 9.03. The smallest absolute Gasteiger partial charge is 0.339 e. The van der Waals surface area contributed by atoms with Gasteiger partial charge in [-0.15, -0.1) is 0 Å². The quantitative estimate of drug-likeness (QED) is 0.452. The van der Waals surface area contributed by atoms with E-state index in [1.165, 1.54) is 43.6 Å². The summed E-state index contributed by atoms with van der Waals surface area (Å²) >= 11 is 6.19. The van der Waals surface area contributed by atoms with Crippen molar-refractivity contribution in [3.63, 3.8) is 0 Å². The van der Waals surface area contributed by atoms with Gasteiger partial charge in [-0.05, 0) is 57.2 Å². The van der Waals surface area contributed by atoms with Gasteiger partial charge in [0, 0.05) is 29.6 Å². The Hall–Kier alpha value is -3.46.